The molecule has 0 fully saturated rings. The summed E-state index contributed by atoms with van der Waals surface area (Å²) in [6.45, 7) is 6.75. The Hall–Kier alpha value is -6.56. The average Bonchev–Trinajstić information content (AvgIpc) is 3.30. The van der Waals surface area contributed by atoms with Gasteiger partial charge in [-0.15, -0.1) is 0 Å². The molecule has 65 heavy (non-hydrogen) atoms. The Kier molecular flexibility index (Phi) is 20.0. The summed E-state index contributed by atoms with van der Waals surface area (Å²) in [7, 11) is 0. The average molecular weight is 893 g/mol. The van der Waals surface area contributed by atoms with Crippen LogP contribution in [0.4, 0.5) is 8.78 Å². The van der Waals surface area contributed by atoms with Gasteiger partial charge in [0.05, 0.1) is 35.5 Å². The molecule has 5 aromatic rings. The minimum absolute atomic E-state index is 0.000639. The first-order chi connectivity index (χ1) is 31.6. The summed E-state index contributed by atoms with van der Waals surface area (Å²) in [6.07, 6.45) is 15.6. The Morgan fingerprint density at radius 1 is 0.400 bits per heavy atom. The van der Waals surface area contributed by atoms with E-state index in [9.17, 15) is 28.0 Å². The fourth-order valence-electron chi connectivity index (χ4n) is 6.76. The molecule has 0 saturated carbocycles. The van der Waals surface area contributed by atoms with Crippen molar-refractivity contribution in [2.45, 2.75) is 111 Å². The van der Waals surface area contributed by atoms with Crippen LogP contribution in [0.3, 0.4) is 0 Å². The van der Waals surface area contributed by atoms with Crippen LogP contribution in [0.25, 0.3) is 0 Å². The molecule has 0 radical (unpaired) electrons. The summed E-state index contributed by atoms with van der Waals surface area (Å²) in [5.41, 5.74) is 0.657. The summed E-state index contributed by atoms with van der Waals surface area (Å²) in [6, 6.07) is 23.7. The normalized spacial score (nSPS) is 10.8. The van der Waals surface area contributed by atoms with E-state index in [0.717, 1.165) is 50.7 Å². The first-order valence-electron chi connectivity index (χ1n) is 22.6. The third-order valence-corrected chi connectivity index (χ3v) is 10.6. The minimum atomic E-state index is -0.784. The van der Waals surface area contributed by atoms with Gasteiger partial charge < -0.3 is 28.4 Å². The second kappa shape index (κ2) is 26.3. The summed E-state index contributed by atoms with van der Waals surface area (Å²) in [5.74, 6) is -3.67. The smallest absolute Gasteiger partial charge is 0.343 e. The molecule has 0 unspecified atom stereocenters. The molecule has 0 bridgehead atoms. The van der Waals surface area contributed by atoms with Crippen molar-refractivity contribution in [2.75, 3.05) is 13.2 Å². The van der Waals surface area contributed by atoms with Crippen molar-refractivity contribution < 1.29 is 56.4 Å². The Labute approximate surface area is 380 Å². The van der Waals surface area contributed by atoms with Gasteiger partial charge in [0, 0.05) is 5.56 Å². The number of hydrogen-bond acceptors (Lipinski definition) is 10. The molecule has 0 aromatic heterocycles. The molecule has 0 atom stereocenters. The molecule has 0 spiro atoms. The zero-order valence-electron chi connectivity index (χ0n) is 37.5. The molecule has 0 aliphatic rings. The van der Waals surface area contributed by atoms with Crippen molar-refractivity contribution in [1.82, 2.24) is 0 Å². The van der Waals surface area contributed by atoms with Gasteiger partial charge in [-0.3, -0.25) is 0 Å². The quantitative estimate of drug-likeness (QED) is 0.0301. The van der Waals surface area contributed by atoms with Crippen LogP contribution in [0.15, 0.2) is 103 Å². The fraction of sp³-hybridized carbons (Fsp3) is 0.358. The molecule has 12 heteroatoms. The van der Waals surface area contributed by atoms with Crippen LogP contribution in [0.1, 0.15) is 151 Å². The molecule has 344 valence electrons. The standard InChI is InChI=1S/C53H58F2O10/c1-4-6-8-10-12-14-16-33-60-48-31-25-40(35-44(48)54)52(58)62-42-27-21-38(22-28-42)50(56)64-46-19-18-20-47(37(46)3)65-51(57)39-23-29-43(30-24-39)63-53(59)41-26-32-49(45(55)36-41)61-34-17-15-13-11-9-7-5-2/h18-32,35-36H,4-17,33-34H2,1-3H3. The minimum Gasteiger partial charge on any atom is -0.491 e. The highest BCUT2D eigenvalue weighted by atomic mass is 19.1. The molecule has 0 amide bonds. The number of unbranched alkanes of at least 4 members (excludes halogenated alkanes) is 12. The summed E-state index contributed by atoms with van der Waals surface area (Å²) >= 11 is 0. The van der Waals surface area contributed by atoms with E-state index in [-0.39, 0.29) is 56.8 Å². The van der Waals surface area contributed by atoms with Gasteiger partial charge in [0.25, 0.3) is 0 Å². The van der Waals surface area contributed by atoms with Crippen LogP contribution < -0.4 is 28.4 Å². The van der Waals surface area contributed by atoms with Crippen LogP contribution in [-0.4, -0.2) is 37.1 Å². The Morgan fingerprint density at radius 3 is 1.11 bits per heavy atom. The highest BCUT2D eigenvalue weighted by molar-refractivity contribution is 5.94. The number of carbonyl (C=O) groups excluding carboxylic acids is 4. The molecular weight excluding hydrogens is 835 g/mol. The van der Waals surface area contributed by atoms with E-state index in [1.54, 1.807) is 25.1 Å². The van der Waals surface area contributed by atoms with Gasteiger partial charge in [-0.1, -0.05) is 97.0 Å². The maximum atomic E-state index is 14.7. The van der Waals surface area contributed by atoms with Gasteiger partial charge >= 0.3 is 23.9 Å². The van der Waals surface area contributed by atoms with Gasteiger partial charge in [0.2, 0.25) is 0 Å². The van der Waals surface area contributed by atoms with Crippen LogP contribution in [0.5, 0.6) is 34.5 Å². The number of rotatable bonds is 26. The molecule has 5 rings (SSSR count). The second-order valence-electron chi connectivity index (χ2n) is 15.7. The Balaban J connectivity index is 1.06. The summed E-state index contributed by atoms with van der Waals surface area (Å²) in [4.78, 5) is 51.7. The van der Waals surface area contributed by atoms with E-state index in [1.165, 1.54) is 124 Å². The first-order valence-corrected chi connectivity index (χ1v) is 22.6. The van der Waals surface area contributed by atoms with Crippen LogP contribution in [0.2, 0.25) is 0 Å². The predicted octanol–water partition coefficient (Wildman–Crippen LogP) is 13.4. The zero-order valence-corrected chi connectivity index (χ0v) is 37.5. The maximum Gasteiger partial charge on any atom is 0.343 e. The summed E-state index contributed by atoms with van der Waals surface area (Å²) in [5, 5.41) is 0. The van der Waals surface area contributed by atoms with E-state index < -0.39 is 35.5 Å². The molecule has 0 aliphatic carbocycles. The largest absolute Gasteiger partial charge is 0.491 e. The van der Waals surface area contributed by atoms with Crippen molar-refractivity contribution in [3.63, 3.8) is 0 Å². The highest BCUT2D eigenvalue weighted by Gasteiger charge is 2.19. The van der Waals surface area contributed by atoms with Gasteiger partial charge in [0.15, 0.2) is 23.1 Å². The first kappa shape index (κ1) is 49.5. The number of benzene rings is 5. The lowest BCUT2D eigenvalue weighted by molar-refractivity contribution is 0.0721. The van der Waals surface area contributed by atoms with E-state index in [2.05, 4.69) is 13.8 Å². The zero-order chi connectivity index (χ0) is 46.4. The SMILES string of the molecule is CCCCCCCCCOc1ccc(C(=O)Oc2ccc(C(=O)Oc3cccc(OC(=O)c4ccc(OC(=O)c5ccc(OCCCCCCCCC)c(F)c5)cc4)c3C)cc2)cc1F. The molecule has 0 saturated heterocycles. The number of halogens is 2. The van der Waals surface area contributed by atoms with E-state index in [0.29, 0.717) is 18.8 Å². The van der Waals surface area contributed by atoms with E-state index >= 15 is 0 Å². The van der Waals surface area contributed by atoms with Gasteiger partial charge in [-0.25, -0.2) is 28.0 Å². The molecule has 0 N–H and O–H groups in total. The number of ether oxygens (including phenoxy) is 6. The van der Waals surface area contributed by atoms with E-state index in [4.69, 9.17) is 28.4 Å². The van der Waals surface area contributed by atoms with Crippen LogP contribution >= 0.6 is 0 Å². The number of carbonyl (C=O) groups is 4. The van der Waals surface area contributed by atoms with E-state index in [1.807, 2.05) is 0 Å². The molecule has 0 heterocycles. The predicted molar refractivity (Wildman–Crippen MR) is 244 cm³/mol. The lowest BCUT2D eigenvalue weighted by Gasteiger charge is -2.12. The topological polar surface area (TPSA) is 124 Å². The van der Waals surface area contributed by atoms with Crippen molar-refractivity contribution in [3.8, 4) is 34.5 Å². The Morgan fingerprint density at radius 2 is 0.738 bits per heavy atom. The lowest BCUT2D eigenvalue weighted by Crippen LogP contribution is -2.13. The van der Waals surface area contributed by atoms with Gasteiger partial charge in [-0.05, 0) is 117 Å². The fourth-order valence-corrected chi connectivity index (χ4v) is 6.76. The lowest BCUT2D eigenvalue weighted by atomic mass is 10.1. The summed E-state index contributed by atoms with van der Waals surface area (Å²) < 4.78 is 62.6. The molecule has 5 aromatic carbocycles. The third-order valence-electron chi connectivity index (χ3n) is 10.6. The van der Waals surface area contributed by atoms with Gasteiger partial charge in [0.1, 0.15) is 23.0 Å². The molecule has 0 aliphatic heterocycles. The molecular formula is C53H58F2O10. The third kappa shape index (κ3) is 15.9. The monoisotopic (exact) mass is 892 g/mol. The number of esters is 4. The van der Waals surface area contributed by atoms with Crippen LogP contribution in [0, 0.1) is 18.6 Å². The number of hydrogen-bond donors (Lipinski definition) is 0. The van der Waals surface area contributed by atoms with Crippen molar-refractivity contribution in [1.29, 1.82) is 0 Å². The maximum absolute atomic E-state index is 14.7. The van der Waals surface area contributed by atoms with Crippen molar-refractivity contribution in [3.05, 3.63) is 143 Å². The highest BCUT2D eigenvalue weighted by Crippen LogP contribution is 2.30. The molecule has 10 nitrogen and oxygen atoms in total. The second-order valence-corrected chi connectivity index (χ2v) is 15.7. The Bertz CT molecular complexity index is 2170. The van der Waals surface area contributed by atoms with Crippen molar-refractivity contribution >= 4 is 23.9 Å². The van der Waals surface area contributed by atoms with Gasteiger partial charge in [-0.2, -0.15) is 0 Å². The van der Waals surface area contributed by atoms with Crippen molar-refractivity contribution in [2.24, 2.45) is 0 Å². The van der Waals surface area contributed by atoms with Crippen LogP contribution in [-0.2, 0) is 0 Å².